The van der Waals surface area contributed by atoms with Crippen LogP contribution in [0.15, 0.2) is 36.5 Å². The van der Waals surface area contributed by atoms with Gasteiger partial charge in [-0.2, -0.15) is 5.26 Å². The number of hydrogen-bond donors (Lipinski definition) is 2. The van der Waals surface area contributed by atoms with Crippen molar-refractivity contribution in [3.8, 4) is 6.07 Å². The topological polar surface area (TPSA) is 99.7 Å². The van der Waals surface area contributed by atoms with E-state index in [0.717, 1.165) is 33.8 Å². The van der Waals surface area contributed by atoms with Crippen molar-refractivity contribution >= 4 is 37.8 Å². The van der Waals surface area contributed by atoms with Gasteiger partial charge in [-0.1, -0.05) is 36.3 Å². The minimum atomic E-state index is 0.214. The van der Waals surface area contributed by atoms with Gasteiger partial charge >= 0.3 is 0 Å². The van der Waals surface area contributed by atoms with Gasteiger partial charge in [0.05, 0.1) is 16.8 Å². The average molecular weight is 419 g/mol. The molecule has 2 unspecified atom stereocenters. The summed E-state index contributed by atoms with van der Waals surface area (Å²) in [5.74, 6) is 0.633. The highest BCUT2D eigenvalue weighted by Gasteiger charge is 2.25. The molecule has 0 aliphatic heterocycles. The van der Waals surface area contributed by atoms with Crippen LogP contribution in [0, 0.1) is 17.2 Å². The molecule has 0 amide bonds. The summed E-state index contributed by atoms with van der Waals surface area (Å²) in [6, 6.07) is 12.3. The molecule has 0 bridgehead atoms. The van der Waals surface area contributed by atoms with Crippen molar-refractivity contribution in [2.75, 3.05) is 11.9 Å². The first-order chi connectivity index (χ1) is 14.8. The molecule has 1 fully saturated rings. The molecule has 30 heavy (non-hydrogen) atoms. The lowest BCUT2D eigenvalue weighted by Crippen LogP contribution is -2.34. The number of fused-ring (bicyclic) bond motifs is 2. The fraction of sp³-hybridized carbons (Fsp3) is 0.364. The lowest BCUT2D eigenvalue weighted by Gasteiger charge is -2.30. The van der Waals surface area contributed by atoms with Crippen molar-refractivity contribution in [1.29, 1.82) is 5.26 Å². The van der Waals surface area contributed by atoms with Crippen molar-refractivity contribution < 1.29 is 5.11 Å². The summed E-state index contributed by atoms with van der Waals surface area (Å²) in [5.41, 5.74) is 3.38. The number of nitrogens with zero attached hydrogens (tertiary/aromatic N) is 5. The van der Waals surface area contributed by atoms with Crippen molar-refractivity contribution in [1.82, 2.24) is 19.5 Å². The third-order valence-corrected chi connectivity index (χ3v) is 6.84. The van der Waals surface area contributed by atoms with Gasteiger partial charge in [-0.05, 0) is 36.6 Å². The van der Waals surface area contributed by atoms with Crippen LogP contribution in [0.25, 0.3) is 21.4 Å². The number of imidazole rings is 1. The normalized spacial score (nSPS) is 19.2. The first-order valence-electron chi connectivity index (χ1n) is 10.2. The van der Waals surface area contributed by atoms with Gasteiger partial charge in [-0.25, -0.2) is 15.0 Å². The van der Waals surface area contributed by atoms with Crippen LogP contribution in [0.4, 0.5) is 5.13 Å². The number of hydrogen-bond acceptors (Lipinski definition) is 7. The summed E-state index contributed by atoms with van der Waals surface area (Å²) in [7, 11) is 0. The zero-order chi connectivity index (χ0) is 20.5. The van der Waals surface area contributed by atoms with E-state index in [4.69, 9.17) is 4.98 Å². The highest BCUT2D eigenvalue weighted by Crippen LogP contribution is 2.33. The predicted octanol–water partition coefficient (Wildman–Crippen LogP) is 3.92. The molecule has 5 rings (SSSR count). The van der Waals surface area contributed by atoms with Crippen LogP contribution in [-0.4, -0.2) is 37.3 Å². The molecule has 1 aliphatic carbocycles. The second-order valence-corrected chi connectivity index (χ2v) is 8.77. The SMILES string of the molecule is N#Cc1nc2cccnc2n1Cc1cccc2sc(NC3CCCCC3CO)nc12. The predicted molar refractivity (Wildman–Crippen MR) is 117 cm³/mol. The number of nitrogens with one attached hydrogen (secondary N) is 1. The van der Waals surface area contributed by atoms with Gasteiger partial charge < -0.3 is 10.4 Å². The molecule has 3 aromatic heterocycles. The Morgan fingerprint density at radius 1 is 1.20 bits per heavy atom. The fourth-order valence-corrected chi connectivity index (χ4v) is 5.31. The Morgan fingerprint density at radius 3 is 2.97 bits per heavy atom. The van der Waals surface area contributed by atoms with E-state index >= 15 is 0 Å². The Labute approximate surface area is 178 Å². The largest absolute Gasteiger partial charge is 0.396 e. The maximum atomic E-state index is 9.71. The van der Waals surface area contributed by atoms with Gasteiger partial charge in [-0.15, -0.1) is 0 Å². The van der Waals surface area contributed by atoms with Crippen molar-refractivity contribution in [3.63, 3.8) is 0 Å². The lowest BCUT2D eigenvalue weighted by atomic mass is 9.85. The zero-order valence-corrected chi connectivity index (χ0v) is 17.3. The molecular weight excluding hydrogens is 396 g/mol. The second kappa shape index (κ2) is 8.01. The monoisotopic (exact) mass is 418 g/mol. The number of benzene rings is 1. The van der Waals surface area contributed by atoms with Crippen molar-refractivity contribution in [2.24, 2.45) is 5.92 Å². The number of aliphatic hydroxyl groups excluding tert-OH is 1. The summed E-state index contributed by atoms with van der Waals surface area (Å²) >= 11 is 1.63. The highest BCUT2D eigenvalue weighted by atomic mass is 32.1. The molecule has 0 radical (unpaired) electrons. The number of nitriles is 1. The van der Waals surface area contributed by atoms with Crippen LogP contribution >= 0.6 is 11.3 Å². The van der Waals surface area contributed by atoms with Crippen molar-refractivity contribution in [3.05, 3.63) is 47.9 Å². The number of thiazole rings is 1. The van der Waals surface area contributed by atoms with E-state index in [-0.39, 0.29) is 18.6 Å². The highest BCUT2D eigenvalue weighted by molar-refractivity contribution is 7.22. The molecule has 1 aromatic carbocycles. The summed E-state index contributed by atoms with van der Waals surface area (Å²) in [4.78, 5) is 13.7. The van der Waals surface area contributed by atoms with Crippen LogP contribution < -0.4 is 5.32 Å². The Bertz CT molecular complexity index is 1240. The molecule has 1 saturated carbocycles. The van der Waals surface area contributed by atoms with Gasteiger partial charge in [0.2, 0.25) is 5.82 Å². The number of rotatable bonds is 5. The molecule has 3 heterocycles. The third-order valence-electron chi connectivity index (χ3n) is 5.89. The smallest absolute Gasteiger partial charge is 0.215 e. The van der Waals surface area contributed by atoms with Gasteiger partial charge in [0, 0.05) is 24.8 Å². The first-order valence-corrected chi connectivity index (χ1v) is 11.1. The molecule has 2 N–H and O–H groups in total. The van der Waals surface area contributed by atoms with Crippen LogP contribution in [0.3, 0.4) is 0 Å². The first kappa shape index (κ1) is 19.0. The minimum absolute atomic E-state index is 0.214. The van der Waals surface area contributed by atoms with E-state index < -0.39 is 0 Å². The summed E-state index contributed by atoms with van der Waals surface area (Å²) in [6.45, 7) is 0.699. The zero-order valence-electron chi connectivity index (χ0n) is 16.5. The van der Waals surface area contributed by atoms with E-state index in [2.05, 4.69) is 27.4 Å². The molecule has 4 aromatic rings. The van der Waals surface area contributed by atoms with Gasteiger partial charge in [0.25, 0.3) is 0 Å². The Kier molecular flexibility index (Phi) is 5.07. The fourth-order valence-electron chi connectivity index (χ4n) is 4.33. The van der Waals surface area contributed by atoms with E-state index in [1.54, 1.807) is 17.5 Å². The maximum Gasteiger partial charge on any atom is 0.215 e. The summed E-state index contributed by atoms with van der Waals surface area (Å²) in [5, 5.41) is 23.7. The minimum Gasteiger partial charge on any atom is -0.396 e. The quantitative estimate of drug-likeness (QED) is 0.509. The molecule has 0 spiro atoms. The molecule has 8 heteroatoms. The van der Waals surface area contributed by atoms with Gasteiger partial charge in [0.15, 0.2) is 10.8 Å². The molecule has 7 nitrogen and oxygen atoms in total. The van der Waals surface area contributed by atoms with Crippen LogP contribution in [0.1, 0.15) is 37.1 Å². The number of aliphatic hydroxyl groups is 1. The van der Waals surface area contributed by atoms with E-state index in [1.807, 2.05) is 28.8 Å². The summed E-state index contributed by atoms with van der Waals surface area (Å²) in [6.07, 6.45) is 6.20. The van der Waals surface area contributed by atoms with E-state index in [9.17, 15) is 10.4 Å². The van der Waals surface area contributed by atoms with E-state index in [0.29, 0.717) is 23.5 Å². The number of para-hydroxylation sites is 1. The third kappa shape index (κ3) is 3.40. The van der Waals surface area contributed by atoms with E-state index in [1.165, 1.54) is 12.8 Å². The van der Waals surface area contributed by atoms with Crippen LogP contribution in [0.5, 0.6) is 0 Å². The molecule has 0 saturated heterocycles. The second-order valence-electron chi connectivity index (χ2n) is 7.74. The standard InChI is InChI=1S/C22H22N6OS/c23-11-19-25-17-8-4-10-24-21(17)28(19)12-14-6-3-9-18-20(14)27-22(30-18)26-16-7-2-1-5-15(16)13-29/h3-4,6,8-10,15-16,29H,1-2,5,7,12-13H2,(H,26,27). The maximum absolute atomic E-state index is 9.71. The molecular formula is C22H22N6OS. The lowest BCUT2D eigenvalue weighted by molar-refractivity contribution is 0.178. The number of pyridine rings is 1. The number of anilines is 1. The van der Waals surface area contributed by atoms with Gasteiger partial charge in [0.1, 0.15) is 11.6 Å². The average Bonchev–Trinajstić information content (AvgIpc) is 3.35. The Morgan fingerprint density at radius 2 is 2.10 bits per heavy atom. The molecule has 152 valence electrons. The van der Waals surface area contributed by atoms with Crippen LogP contribution in [-0.2, 0) is 6.54 Å². The van der Waals surface area contributed by atoms with Gasteiger partial charge in [-0.3, -0.25) is 4.57 Å². The Balaban J connectivity index is 1.49. The molecule has 2 atom stereocenters. The summed E-state index contributed by atoms with van der Waals surface area (Å²) < 4.78 is 2.95. The Hall–Kier alpha value is -3.02. The molecule has 1 aliphatic rings. The van der Waals surface area contributed by atoms with Crippen LogP contribution in [0.2, 0.25) is 0 Å². The van der Waals surface area contributed by atoms with Crippen molar-refractivity contribution in [2.45, 2.75) is 38.3 Å². The number of aromatic nitrogens is 4.